The highest BCUT2D eigenvalue weighted by molar-refractivity contribution is 7.92. The van der Waals surface area contributed by atoms with Crippen molar-refractivity contribution in [2.24, 2.45) is 0 Å². The van der Waals surface area contributed by atoms with Gasteiger partial charge >= 0.3 is 5.97 Å². The standard InChI is InChI=1S/C14H19FN2O4S/c1-9(2)16-10-7-11(14(18)19)13(15)12(8-10)17-5-3-4-6-22(17,20)21/h7-9,16H,3-6H2,1-2H3,(H,18,19). The maximum atomic E-state index is 14.5. The van der Waals surface area contributed by atoms with Crippen molar-refractivity contribution >= 4 is 27.4 Å². The Bertz CT molecular complexity index is 688. The molecule has 1 heterocycles. The smallest absolute Gasteiger partial charge is 0.338 e. The summed E-state index contributed by atoms with van der Waals surface area (Å²) in [4.78, 5) is 11.2. The number of benzene rings is 1. The molecule has 0 atom stereocenters. The molecule has 122 valence electrons. The predicted molar refractivity (Wildman–Crippen MR) is 82.5 cm³/mol. The molecule has 2 N–H and O–H groups in total. The quantitative estimate of drug-likeness (QED) is 0.884. The Morgan fingerprint density at radius 1 is 1.36 bits per heavy atom. The minimum absolute atomic E-state index is 0.00193. The maximum absolute atomic E-state index is 14.5. The van der Waals surface area contributed by atoms with Gasteiger partial charge in [0.1, 0.15) is 0 Å². The summed E-state index contributed by atoms with van der Waals surface area (Å²) in [6, 6.07) is 2.53. The van der Waals surface area contributed by atoms with Crippen LogP contribution in [0.25, 0.3) is 0 Å². The Kier molecular flexibility index (Phi) is 4.60. The summed E-state index contributed by atoms with van der Waals surface area (Å²) < 4.78 is 39.7. The molecule has 6 nitrogen and oxygen atoms in total. The van der Waals surface area contributed by atoms with Gasteiger partial charge in [0.15, 0.2) is 5.82 Å². The van der Waals surface area contributed by atoms with Gasteiger partial charge in [-0.1, -0.05) is 0 Å². The van der Waals surface area contributed by atoms with E-state index in [0.29, 0.717) is 18.5 Å². The van der Waals surface area contributed by atoms with Crippen molar-refractivity contribution < 1.29 is 22.7 Å². The molecule has 0 bridgehead atoms. The number of nitrogens with zero attached hydrogens (tertiary/aromatic N) is 1. The zero-order chi connectivity index (χ0) is 16.5. The molecular formula is C14H19FN2O4S. The van der Waals surface area contributed by atoms with Crippen LogP contribution in [0.5, 0.6) is 0 Å². The van der Waals surface area contributed by atoms with Crippen molar-refractivity contribution in [3.8, 4) is 0 Å². The lowest BCUT2D eigenvalue weighted by molar-refractivity contribution is 0.0692. The fraction of sp³-hybridized carbons (Fsp3) is 0.500. The van der Waals surface area contributed by atoms with Gasteiger partial charge in [0.25, 0.3) is 0 Å². The van der Waals surface area contributed by atoms with Gasteiger partial charge in [0.05, 0.1) is 17.0 Å². The van der Waals surface area contributed by atoms with Crippen molar-refractivity contribution in [2.75, 3.05) is 21.9 Å². The van der Waals surface area contributed by atoms with Crippen molar-refractivity contribution in [1.29, 1.82) is 0 Å². The van der Waals surface area contributed by atoms with Crippen LogP contribution in [0.15, 0.2) is 12.1 Å². The van der Waals surface area contributed by atoms with E-state index in [1.807, 2.05) is 13.8 Å². The zero-order valence-electron chi connectivity index (χ0n) is 12.5. The molecule has 22 heavy (non-hydrogen) atoms. The number of halogens is 1. The normalized spacial score (nSPS) is 17.5. The molecule has 1 fully saturated rings. The Labute approximate surface area is 129 Å². The van der Waals surface area contributed by atoms with E-state index in [0.717, 1.165) is 4.31 Å². The summed E-state index contributed by atoms with van der Waals surface area (Å²) in [6.45, 7) is 3.85. The van der Waals surface area contributed by atoms with Crippen LogP contribution in [-0.4, -0.2) is 37.8 Å². The number of hydrogen-bond acceptors (Lipinski definition) is 4. The van der Waals surface area contributed by atoms with Gasteiger partial charge < -0.3 is 10.4 Å². The van der Waals surface area contributed by atoms with E-state index in [1.54, 1.807) is 0 Å². The van der Waals surface area contributed by atoms with Crippen molar-refractivity contribution in [1.82, 2.24) is 0 Å². The SMILES string of the molecule is CC(C)Nc1cc(C(=O)O)c(F)c(N2CCCCS2(=O)=O)c1. The fourth-order valence-corrected chi connectivity index (χ4v) is 4.05. The monoisotopic (exact) mass is 330 g/mol. The summed E-state index contributed by atoms with van der Waals surface area (Å²) in [6.07, 6.45) is 1.14. The van der Waals surface area contributed by atoms with Crippen LogP contribution in [0, 0.1) is 5.82 Å². The Morgan fingerprint density at radius 2 is 2.05 bits per heavy atom. The number of aromatic carboxylic acids is 1. The molecule has 0 aromatic heterocycles. The third-order valence-corrected chi connectivity index (χ3v) is 5.21. The second-order valence-electron chi connectivity index (χ2n) is 5.56. The molecule has 1 saturated heterocycles. The van der Waals surface area contributed by atoms with Gasteiger partial charge in [0, 0.05) is 18.3 Å². The number of carboxylic acids is 1. The van der Waals surface area contributed by atoms with Crippen LogP contribution in [0.2, 0.25) is 0 Å². The third-order valence-electron chi connectivity index (χ3n) is 3.36. The van der Waals surface area contributed by atoms with Gasteiger partial charge in [-0.05, 0) is 38.8 Å². The van der Waals surface area contributed by atoms with E-state index >= 15 is 0 Å². The van der Waals surface area contributed by atoms with Gasteiger partial charge in [-0.25, -0.2) is 17.6 Å². The fourth-order valence-electron chi connectivity index (χ4n) is 2.42. The van der Waals surface area contributed by atoms with Gasteiger partial charge in [-0.3, -0.25) is 4.31 Å². The lowest BCUT2D eigenvalue weighted by Crippen LogP contribution is -2.38. The highest BCUT2D eigenvalue weighted by Gasteiger charge is 2.30. The summed E-state index contributed by atoms with van der Waals surface area (Å²) >= 11 is 0. The van der Waals surface area contributed by atoms with Crippen LogP contribution < -0.4 is 9.62 Å². The average molecular weight is 330 g/mol. The van der Waals surface area contributed by atoms with E-state index in [1.165, 1.54) is 12.1 Å². The molecular weight excluding hydrogens is 311 g/mol. The Hall–Kier alpha value is -1.83. The number of anilines is 2. The largest absolute Gasteiger partial charge is 0.478 e. The number of carbonyl (C=O) groups is 1. The number of sulfonamides is 1. The van der Waals surface area contributed by atoms with Gasteiger partial charge in [0.2, 0.25) is 10.0 Å². The molecule has 0 radical (unpaired) electrons. The lowest BCUT2D eigenvalue weighted by atomic mass is 10.1. The minimum Gasteiger partial charge on any atom is -0.478 e. The zero-order valence-corrected chi connectivity index (χ0v) is 13.3. The first-order valence-corrected chi connectivity index (χ1v) is 8.67. The first-order chi connectivity index (χ1) is 10.2. The van der Waals surface area contributed by atoms with Crippen LogP contribution in [0.4, 0.5) is 15.8 Å². The molecule has 0 amide bonds. The molecule has 1 aliphatic heterocycles. The molecule has 0 unspecified atom stereocenters. The van der Waals surface area contributed by atoms with Crippen molar-refractivity contribution in [3.05, 3.63) is 23.5 Å². The van der Waals surface area contributed by atoms with Crippen LogP contribution in [0.1, 0.15) is 37.0 Å². The Balaban J connectivity index is 2.58. The highest BCUT2D eigenvalue weighted by Crippen LogP contribution is 2.31. The molecule has 0 saturated carbocycles. The highest BCUT2D eigenvalue weighted by atomic mass is 32.2. The van der Waals surface area contributed by atoms with Crippen molar-refractivity contribution in [3.63, 3.8) is 0 Å². The number of hydrogen-bond donors (Lipinski definition) is 2. The van der Waals surface area contributed by atoms with Crippen molar-refractivity contribution in [2.45, 2.75) is 32.7 Å². The first kappa shape index (κ1) is 16.5. The van der Waals surface area contributed by atoms with E-state index in [-0.39, 0.29) is 24.0 Å². The van der Waals surface area contributed by atoms with Gasteiger partial charge in [-0.2, -0.15) is 0 Å². The molecule has 2 rings (SSSR count). The Morgan fingerprint density at radius 3 is 2.59 bits per heavy atom. The second kappa shape index (κ2) is 6.12. The summed E-state index contributed by atoms with van der Waals surface area (Å²) in [5, 5.41) is 12.1. The summed E-state index contributed by atoms with van der Waals surface area (Å²) in [7, 11) is -3.61. The van der Waals surface area contributed by atoms with Gasteiger partial charge in [-0.15, -0.1) is 0 Å². The van der Waals surface area contributed by atoms with E-state index in [2.05, 4.69) is 5.32 Å². The lowest BCUT2D eigenvalue weighted by Gasteiger charge is -2.29. The molecule has 0 spiro atoms. The molecule has 8 heteroatoms. The second-order valence-corrected chi connectivity index (χ2v) is 7.57. The predicted octanol–water partition coefficient (Wildman–Crippen LogP) is 2.27. The van der Waals surface area contributed by atoms with E-state index in [9.17, 15) is 17.6 Å². The maximum Gasteiger partial charge on any atom is 0.338 e. The summed E-state index contributed by atoms with van der Waals surface area (Å²) in [5.41, 5.74) is -0.367. The van der Waals surface area contributed by atoms with Crippen LogP contribution in [0.3, 0.4) is 0 Å². The third kappa shape index (κ3) is 3.32. The molecule has 0 aliphatic carbocycles. The molecule has 1 aliphatic rings. The molecule has 1 aromatic rings. The first-order valence-electron chi connectivity index (χ1n) is 7.06. The number of carboxylic acid groups (broad SMARTS) is 1. The topological polar surface area (TPSA) is 86.7 Å². The van der Waals surface area contributed by atoms with E-state index in [4.69, 9.17) is 5.11 Å². The summed E-state index contributed by atoms with van der Waals surface area (Å²) in [5.74, 6) is -2.51. The number of nitrogens with one attached hydrogen (secondary N) is 1. The van der Waals surface area contributed by atoms with Crippen LogP contribution >= 0.6 is 0 Å². The van der Waals surface area contributed by atoms with E-state index < -0.39 is 27.4 Å². The number of rotatable bonds is 4. The van der Waals surface area contributed by atoms with Crippen LogP contribution in [-0.2, 0) is 10.0 Å². The minimum atomic E-state index is -3.61. The average Bonchev–Trinajstić information content (AvgIpc) is 2.39. The molecule has 1 aromatic carbocycles.